The van der Waals surface area contributed by atoms with Crippen LogP contribution in [-0.4, -0.2) is 32.6 Å². The van der Waals surface area contributed by atoms with Gasteiger partial charge in [0.1, 0.15) is 12.0 Å². The average Bonchev–Trinajstić information content (AvgIpc) is 3.17. The third-order valence-corrected chi connectivity index (χ3v) is 12.2. The zero-order valence-electron chi connectivity index (χ0n) is 17.7. The first-order valence-electron chi connectivity index (χ1n) is 10.5. The number of nitrogen functional groups attached to an aromatic ring is 1. The van der Waals surface area contributed by atoms with Gasteiger partial charge in [-0.2, -0.15) is 4.98 Å². The Morgan fingerprint density at radius 1 is 1.57 bits per heavy atom. The fourth-order valence-corrected chi connectivity index (χ4v) is 12.2. The van der Waals surface area contributed by atoms with Crippen molar-refractivity contribution in [3.8, 4) is 0 Å². The molecule has 7 atom stereocenters. The molecule has 1 aromatic rings. The van der Waals surface area contributed by atoms with E-state index in [-0.39, 0.29) is 28.9 Å². The van der Waals surface area contributed by atoms with E-state index < -0.39 is 17.6 Å². The number of nitrogens with zero attached hydrogens (tertiary/aromatic N) is 2. The van der Waals surface area contributed by atoms with Crippen LogP contribution in [0.2, 0.25) is 0 Å². The van der Waals surface area contributed by atoms with Crippen molar-refractivity contribution in [1.29, 1.82) is 0 Å². The molecule has 10 heteroatoms. The van der Waals surface area contributed by atoms with E-state index in [1.165, 1.54) is 10.1 Å². The molecule has 2 N–H and O–H groups in total. The SMILES string of the molecule is C=C(C)[C@@H]1CC[C@]2(C)S[P@](=S)(O[C@H]3C[C@H](n4ccc(N)nc4=O)O[C@@H]3CC)O[C@H]2C1. The summed E-state index contributed by atoms with van der Waals surface area (Å²) >= 11 is 7.66. The van der Waals surface area contributed by atoms with Gasteiger partial charge in [0.05, 0.1) is 18.3 Å². The molecule has 1 saturated carbocycles. The lowest BCUT2D eigenvalue weighted by atomic mass is 9.77. The Hall–Kier alpha value is -0.700. The summed E-state index contributed by atoms with van der Waals surface area (Å²) in [7, 11) is 0. The number of hydrogen-bond donors (Lipinski definition) is 1. The predicted octanol–water partition coefficient (Wildman–Crippen LogP) is 4.40. The lowest BCUT2D eigenvalue weighted by Gasteiger charge is -2.37. The average molecular weight is 472 g/mol. The highest BCUT2D eigenvalue weighted by Crippen LogP contribution is 2.76. The summed E-state index contributed by atoms with van der Waals surface area (Å²) in [5, 5.41) is 0. The highest BCUT2D eigenvalue weighted by molar-refractivity contribution is 8.68. The van der Waals surface area contributed by atoms with Crippen LogP contribution in [0.5, 0.6) is 0 Å². The minimum absolute atomic E-state index is 0.0140. The first-order chi connectivity index (χ1) is 14.1. The van der Waals surface area contributed by atoms with Crippen LogP contribution in [0.3, 0.4) is 0 Å². The van der Waals surface area contributed by atoms with Crippen molar-refractivity contribution in [2.75, 3.05) is 5.73 Å². The van der Waals surface area contributed by atoms with Gasteiger partial charge in [0.2, 0.25) is 5.69 Å². The summed E-state index contributed by atoms with van der Waals surface area (Å²) in [6, 6.07) is 1.60. The van der Waals surface area contributed by atoms with Crippen molar-refractivity contribution in [3.05, 3.63) is 34.9 Å². The number of nitrogens with two attached hydrogens (primary N) is 1. The van der Waals surface area contributed by atoms with E-state index in [1.807, 2.05) is 6.92 Å². The van der Waals surface area contributed by atoms with E-state index in [9.17, 15) is 4.79 Å². The third-order valence-electron chi connectivity index (χ3n) is 6.45. The molecule has 0 bridgehead atoms. The van der Waals surface area contributed by atoms with Crippen LogP contribution in [-0.2, 0) is 25.6 Å². The van der Waals surface area contributed by atoms with Crippen molar-refractivity contribution in [3.63, 3.8) is 0 Å². The predicted molar refractivity (Wildman–Crippen MR) is 124 cm³/mol. The Balaban J connectivity index is 1.48. The topological polar surface area (TPSA) is 88.6 Å². The van der Waals surface area contributed by atoms with Crippen molar-refractivity contribution in [2.45, 2.75) is 82.2 Å². The van der Waals surface area contributed by atoms with Crippen molar-refractivity contribution in [2.24, 2.45) is 5.92 Å². The summed E-state index contributed by atoms with van der Waals surface area (Å²) in [6.45, 7) is 10.5. The molecule has 30 heavy (non-hydrogen) atoms. The molecular weight excluding hydrogens is 441 g/mol. The van der Waals surface area contributed by atoms with E-state index in [1.54, 1.807) is 23.6 Å². The monoisotopic (exact) mass is 471 g/mol. The summed E-state index contributed by atoms with van der Waals surface area (Å²) < 4.78 is 20.5. The van der Waals surface area contributed by atoms with Crippen LogP contribution in [0.4, 0.5) is 5.82 Å². The van der Waals surface area contributed by atoms with E-state index >= 15 is 0 Å². The molecule has 0 radical (unpaired) electrons. The van der Waals surface area contributed by atoms with Gasteiger partial charge in [-0.25, -0.2) is 4.79 Å². The highest BCUT2D eigenvalue weighted by atomic mass is 32.9. The van der Waals surface area contributed by atoms with Crippen molar-refractivity contribution in [1.82, 2.24) is 9.55 Å². The zero-order chi connectivity index (χ0) is 21.7. The molecular formula is C20H30N3O4PS2. The number of anilines is 1. The Bertz CT molecular complexity index is 941. The number of fused-ring (bicyclic) bond motifs is 1. The van der Waals surface area contributed by atoms with E-state index in [0.29, 0.717) is 12.3 Å². The maximum absolute atomic E-state index is 12.2. The first kappa shape index (κ1) is 22.5. The molecule has 1 aliphatic carbocycles. The van der Waals surface area contributed by atoms with Crippen LogP contribution >= 0.6 is 17.1 Å². The number of aromatic nitrogens is 2. The normalized spacial score (nSPS) is 41.0. The molecule has 3 heterocycles. The number of hydrogen-bond acceptors (Lipinski definition) is 8. The van der Waals surface area contributed by atoms with Gasteiger partial charge in [0, 0.05) is 17.4 Å². The van der Waals surface area contributed by atoms with Gasteiger partial charge in [-0.3, -0.25) is 4.57 Å². The largest absolute Gasteiger partial charge is 0.383 e. The standard InChI is InChI=1S/C20H30N3O4PS2/c1-5-14-15(11-18(25-14)23-9-7-17(21)22-19(23)24)26-28(29)27-16-10-13(12(2)3)6-8-20(16,4)30-28/h7,9,13-16,18H,2,5-6,8,10-11H2,1,3-4H3,(H2,21,22,24)/t13-,14-,15+,16+,18-,20+,28-/m1/s1. The maximum atomic E-state index is 12.2. The molecule has 1 aromatic heterocycles. The first-order valence-corrected chi connectivity index (χ1v) is 14.5. The van der Waals surface area contributed by atoms with Crippen LogP contribution in [0, 0.1) is 5.92 Å². The molecule has 2 aliphatic heterocycles. The fourth-order valence-electron chi connectivity index (χ4n) is 4.59. The van der Waals surface area contributed by atoms with Crippen LogP contribution in [0.15, 0.2) is 29.2 Å². The number of rotatable bonds is 5. The minimum atomic E-state index is -2.52. The van der Waals surface area contributed by atoms with Gasteiger partial charge in [0.15, 0.2) is 0 Å². The van der Waals surface area contributed by atoms with Gasteiger partial charge < -0.3 is 19.5 Å². The summed E-state index contributed by atoms with van der Waals surface area (Å²) in [5.74, 6) is 0.682. The Morgan fingerprint density at radius 2 is 2.33 bits per heavy atom. The molecule has 166 valence electrons. The number of ether oxygens (including phenoxy) is 1. The molecule has 3 fully saturated rings. The van der Waals surface area contributed by atoms with Crippen LogP contribution in [0.1, 0.15) is 59.1 Å². The zero-order valence-corrected chi connectivity index (χ0v) is 20.2. The Kier molecular flexibility index (Phi) is 6.25. The molecule has 0 unspecified atom stereocenters. The second-order valence-corrected chi connectivity index (χ2v) is 15.3. The van der Waals surface area contributed by atoms with E-state index in [2.05, 4.69) is 25.4 Å². The Morgan fingerprint density at radius 3 is 3.00 bits per heavy atom. The van der Waals surface area contributed by atoms with Gasteiger partial charge in [-0.15, -0.1) is 0 Å². The Labute approximate surface area is 186 Å². The van der Waals surface area contributed by atoms with Gasteiger partial charge >= 0.3 is 5.69 Å². The summed E-state index contributed by atoms with van der Waals surface area (Å²) in [4.78, 5) is 16.0. The lowest BCUT2D eigenvalue weighted by Crippen LogP contribution is -2.39. The van der Waals surface area contributed by atoms with E-state index in [4.69, 9.17) is 31.3 Å². The van der Waals surface area contributed by atoms with Gasteiger partial charge in [0.25, 0.3) is 0 Å². The smallest absolute Gasteiger partial charge is 0.351 e. The molecule has 0 amide bonds. The molecule has 4 rings (SSSR count). The van der Waals surface area contributed by atoms with E-state index in [0.717, 1.165) is 25.7 Å². The lowest BCUT2D eigenvalue weighted by molar-refractivity contribution is -0.0186. The minimum Gasteiger partial charge on any atom is -0.383 e. The van der Waals surface area contributed by atoms with Crippen molar-refractivity contribution >= 4 is 34.7 Å². The molecule has 0 spiro atoms. The molecule has 2 saturated heterocycles. The number of allylic oxidation sites excluding steroid dienone is 1. The quantitative estimate of drug-likeness (QED) is 0.499. The summed E-state index contributed by atoms with van der Waals surface area (Å²) in [5.41, 5.74) is 3.88. The summed E-state index contributed by atoms with van der Waals surface area (Å²) in [6.07, 6.45) is 5.31. The molecule has 7 nitrogen and oxygen atoms in total. The maximum Gasteiger partial charge on any atom is 0.351 e. The second kappa shape index (κ2) is 8.34. The second-order valence-electron chi connectivity index (χ2n) is 8.72. The van der Waals surface area contributed by atoms with Crippen LogP contribution < -0.4 is 11.4 Å². The molecule has 3 aliphatic rings. The third kappa shape index (κ3) is 4.30. The van der Waals surface area contributed by atoms with Crippen LogP contribution in [0.25, 0.3) is 0 Å². The van der Waals surface area contributed by atoms with Crippen molar-refractivity contribution < 1.29 is 13.8 Å². The van der Waals surface area contributed by atoms with Gasteiger partial charge in [-0.1, -0.05) is 30.5 Å². The highest BCUT2D eigenvalue weighted by Gasteiger charge is 2.54. The fraction of sp³-hybridized carbons (Fsp3) is 0.700. The molecule has 0 aromatic carbocycles. The van der Waals surface area contributed by atoms with Gasteiger partial charge in [-0.05, 0) is 63.3 Å².